The molecule has 0 radical (unpaired) electrons. The SMILES string of the molecule is C/C(=N\NC(=S)NC1CCCCC1)c1cccc(/C(C)=N/NC(=S)NC2CCCCC2)n1. The Morgan fingerprint density at radius 2 is 1.16 bits per heavy atom. The van der Waals surface area contributed by atoms with Crippen LogP contribution in [0.3, 0.4) is 0 Å². The minimum Gasteiger partial charge on any atom is -0.359 e. The van der Waals surface area contributed by atoms with Gasteiger partial charge in [0.15, 0.2) is 10.2 Å². The van der Waals surface area contributed by atoms with Gasteiger partial charge >= 0.3 is 0 Å². The zero-order valence-corrected chi connectivity index (χ0v) is 20.7. The number of nitrogens with zero attached hydrogens (tertiary/aromatic N) is 3. The van der Waals surface area contributed by atoms with Gasteiger partial charge in [0, 0.05) is 12.1 Å². The number of pyridine rings is 1. The molecule has 0 unspecified atom stereocenters. The van der Waals surface area contributed by atoms with E-state index in [1.807, 2.05) is 32.0 Å². The van der Waals surface area contributed by atoms with E-state index in [2.05, 4.69) is 31.7 Å². The maximum atomic E-state index is 5.39. The van der Waals surface area contributed by atoms with Gasteiger partial charge in [-0.15, -0.1) is 0 Å². The van der Waals surface area contributed by atoms with E-state index in [0.29, 0.717) is 22.3 Å². The zero-order valence-electron chi connectivity index (χ0n) is 19.1. The van der Waals surface area contributed by atoms with Gasteiger partial charge in [-0.05, 0) is 76.1 Å². The Labute approximate surface area is 202 Å². The molecule has 0 aliphatic heterocycles. The van der Waals surface area contributed by atoms with Crippen LogP contribution in [-0.2, 0) is 0 Å². The lowest BCUT2D eigenvalue weighted by Crippen LogP contribution is -2.41. The predicted octanol–water partition coefficient (Wildman–Crippen LogP) is 4.12. The molecule has 1 aromatic heterocycles. The number of hydrogen-bond acceptors (Lipinski definition) is 5. The Bertz CT molecular complexity index is 775. The molecule has 0 spiro atoms. The van der Waals surface area contributed by atoms with Crippen LogP contribution in [0.25, 0.3) is 0 Å². The first-order valence-corrected chi connectivity index (χ1v) is 12.5. The van der Waals surface area contributed by atoms with Crippen molar-refractivity contribution in [3.8, 4) is 0 Å². The van der Waals surface area contributed by atoms with Crippen molar-refractivity contribution in [2.75, 3.05) is 0 Å². The maximum absolute atomic E-state index is 5.39. The summed E-state index contributed by atoms with van der Waals surface area (Å²) in [5.74, 6) is 0. The Balaban J connectivity index is 1.52. The highest BCUT2D eigenvalue weighted by Gasteiger charge is 2.15. The normalized spacial score (nSPS) is 18.7. The molecule has 0 bridgehead atoms. The third-order valence-corrected chi connectivity index (χ3v) is 6.44. The fourth-order valence-corrected chi connectivity index (χ4v) is 4.58. The first-order chi connectivity index (χ1) is 15.5. The van der Waals surface area contributed by atoms with Crippen LogP contribution in [0.4, 0.5) is 0 Å². The van der Waals surface area contributed by atoms with E-state index in [0.717, 1.165) is 22.8 Å². The molecule has 2 fully saturated rings. The molecule has 3 rings (SSSR count). The van der Waals surface area contributed by atoms with E-state index in [9.17, 15) is 0 Å². The molecule has 0 saturated heterocycles. The van der Waals surface area contributed by atoms with Crippen LogP contribution in [0, 0.1) is 0 Å². The van der Waals surface area contributed by atoms with Gasteiger partial charge in [-0.1, -0.05) is 44.6 Å². The number of hydrogen-bond donors (Lipinski definition) is 4. The van der Waals surface area contributed by atoms with Crippen molar-refractivity contribution in [3.05, 3.63) is 29.6 Å². The van der Waals surface area contributed by atoms with Crippen molar-refractivity contribution in [1.82, 2.24) is 26.5 Å². The molecule has 2 aliphatic rings. The minimum absolute atomic E-state index is 0.450. The molecule has 2 saturated carbocycles. The number of rotatable bonds is 6. The van der Waals surface area contributed by atoms with Gasteiger partial charge < -0.3 is 10.6 Å². The molecule has 2 aliphatic carbocycles. The summed E-state index contributed by atoms with van der Waals surface area (Å²) in [6.07, 6.45) is 12.3. The minimum atomic E-state index is 0.450. The average Bonchev–Trinajstić information content (AvgIpc) is 2.82. The summed E-state index contributed by atoms with van der Waals surface area (Å²) in [6.45, 7) is 3.83. The first kappa shape index (κ1) is 24.5. The highest BCUT2D eigenvalue weighted by atomic mass is 32.1. The van der Waals surface area contributed by atoms with Crippen molar-refractivity contribution in [1.29, 1.82) is 0 Å². The van der Waals surface area contributed by atoms with Crippen molar-refractivity contribution in [2.24, 2.45) is 10.2 Å². The number of hydrazone groups is 2. The third kappa shape index (κ3) is 8.09. The molecule has 0 aromatic carbocycles. The summed E-state index contributed by atoms with van der Waals surface area (Å²) < 4.78 is 0. The van der Waals surface area contributed by atoms with Gasteiger partial charge in [-0.25, -0.2) is 4.98 Å². The maximum Gasteiger partial charge on any atom is 0.187 e. The molecule has 4 N–H and O–H groups in total. The fraction of sp³-hybridized carbons (Fsp3) is 0.609. The summed E-state index contributed by atoms with van der Waals surface area (Å²) in [6, 6.07) is 6.71. The van der Waals surface area contributed by atoms with Crippen LogP contribution in [0.15, 0.2) is 28.4 Å². The van der Waals surface area contributed by atoms with Crippen LogP contribution in [0.1, 0.15) is 89.4 Å². The van der Waals surface area contributed by atoms with Gasteiger partial charge in [0.2, 0.25) is 0 Å². The monoisotopic (exact) mass is 473 g/mol. The Hall–Kier alpha value is -2.13. The molecular formula is C23H35N7S2. The van der Waals surface area contributed by atoms with E-state index in [-0.39, 0.29) is 0 Å². The molecule has 7 nitrogen and oxygen atoms in total. The largest absolute Gasteiger partial charge is 0.359 e. The second kappa shape index (κ2) is 12.8. The summed E-state index contributed by atoms with van der Waals surface area (Å²) in [5, 5.41) is 16.7. The Morgan fingerprint density at radius 1 is 0.750 bits per heavy atom. The lowest BCUT2D eigenvalue weighted by Gasteiger charge is -2.23. The molecule has 174 valence electrons. The smallest absolute Gasteiger partial charge is 0.187 e. The van der Waals surface area contributed by atoms with Crippen LogP contribution in [-0.4, -0.2) is 38.7 Å². The van der Waals surface area contributed by atoms with Crippen LogP contribution < -0.4 is 21.5 Å². The van der Waals surface area contributed by atoms with Gasteiger partial charge in [-0.2, -0.15) is 10.2 Å². The first-order valence-electron chi connectivity index (χ1n) is 11.7. The molecule has 32 heavy (non-hydrogen) atoms. The van der Waals surface area contributed by atoms with Crippen molar-refractivity contribution in [2.45, 2.75) is 90.1 Å². The molecule has 9 heteroatoms. The molecule has 0 atom stereocenters. The quantitative estimate of drug-likeness (QED) is 0.281. The summed E-state index contributed by atoms with van der Waals surface area (Å²) in [5.41, 5.74) is 8.97. The van der Waals surface area contributed by atoms with E-state index < -0.39 is 0 Å². The Kier molecular flexibility index (Phi) is 9.80. The van der Waals surface area contributed by atoms with Crippen LogP contribution >= 0.6 is 24.4 Å². The van der Waals surface area contributed by atoms with Gasteiger partial charge in [-0.3, -0.25) is 10.9 Å². The van der Waals surface area contributed by atoms with Gasteiger partial charge in [0.1, 0.15) is 0 Å². The average molecular weight is 474 g/mol. The topological polar surface area (TPSA) is 85.7 Å². The number of thiocarbonyl (C=S) groups is 2. The second-order valence-corrected chi connectivity index (χ2v) is 9.46. The summed E-state index contributed by atoms with van der Waals surface area (Å²) >= 11 is 10.8. The van der Waals surface area contributed by atoms with Crippen molar-refractivity contribution >= 4 is 46.1 Å². The van der Waals surface area contributed by atoms with Crippen molar-refractivity contribution in [3.63, 3.8) is 0 Å². The van der Waals surface area contributed by atoms with E-state index in [4.69, 9.17) is 29.4 Å². The van der Waals surface area contributed by atoms with Crippen LogP contribution in [0.5, 0.6) is 0 Å². The lowest BCUT2D eigenvalue weighted by molar-refractivity contribution is 0.412. The second-order valence-electron chi connectivity index (χ2n) is 8.64. The van der Waals surface area contributed by atoms with Gasteiger partial charge in [0.25, 0.3) is 0 Å². The lowest BCUT2D eigenvalue weighted by atomic mass is 9.96. The van der Waals surface area contributed by atoms with Crippen LogP contribution in [0.2, 0.25) is 0 Å². The van der Waals surface area contributed by atoms with E-state index >= 15 is 0 Å². The predicted molar refractivity (Wildman–Crippen MR) is 140 cm³/mol. The summed E-state index contributed by atoms with van der Waals surface area (Å²) in [4.78, 5) is 4.69. The van der Waals surface area contributed by atoms with E-state index in [1.165, 1.54) is 64.2 Å². The highest BCUT2D eigenvalue weighted by molar-refractivity contribution is 7.80. The fourth-order valence-electron chi connectivity index (χ4n) is 4.15. The van der Waals surface area contributed by atoms with Gasteiger partial charge in [0.05, 0.1) is 22.8 Å². The summed E-state index contributed by atoms with van der Waals surface area (Å²) in [7, 11) is 0. The number of nitrogens with one attached hydrogen (secondary N) is 4. The molecule has 1 aromatic rings. The molecular weight excluding hydrogens is 438 g/mol. The Morgan fingerprint density at radius 3 is 1.56 bits per heavy atom. The van der Waals surface area contributed by atoms with E-state index in [1.54, 1.807) is 0 Å². The molecule has 0 amide bonds. The third-order valence-electron chi connectivity index (χ3n) is 6.02. The number of aromatic nitrogens is 1. The van der Waals surface area contributed by atoms with Crippen molar-refractivity contribution < 1.29 is 0 Å². The zero-order chi connectivity index (χ0) is 22.8. The standard InChI is InChI=1S/C23H35N7S2/c1-16(27-29-22(31)24-18-10-5-3-6-11-18)20-14-9-15-21(26-20)17(2)28-30-23(32)25-19-12-7-4-8-13-19/h9,14-15,18-19H,3-8,10-13H2,1-2H3,(H2,24,29,31)(H2,25,30,32)/b27-16+,28-17+. The highest BCUT2D eigenvalue weighted by Crippen LogP contribution is 2.18. The molecule has 1 heterocycles.